The zero-order valence-corrected chi connectivity index (χ0v) is 13.1. The first-order chi connectivity index (χ1) is 9.84. The molecule has 0 amide bonds. The highest BCUT2D eigenvalue weighted by Gasteiger charge is 2.20. The van der Waals surface area contributed by atoms with Crippen molar-refractivity contribution in [1.29, 1.82) is 0 Å². The van der Waals surface area contributed by atoms with Crippen LogP contribution in [0.4, 0.5) is 5.82 Å². The molecule has 0 atom stereocenters. The van der Waals surface area contributed by atoms with Gasteiger partial charge < -0.3 is 10.1 Å². The van der Waals surface area contributed by atoms with Crippen LogP contribution < -0.4 is 15.6 Å². The van der Waals surface area contributed by atoms with Gasteiger partial charge in [0.2, 0.25) is 0 Å². The first-order valence-corrected chi connectivity index (χ1v) is 6.81. The molecule has 2 heterocycles. The molecule has 21 heavy (non-hydrogen) atoms. The van der Waals surface area contributed by atoms with E-state index in [1.807, 2.05) is 20.8 Å². The summed E-state index contributed by atoms with van der Waals surface area (Å²) in [6.45, 7) is 5.62. The number of anilines is 1. The summed E-state index contributed by atoms with van der Waals surface area (Å²) in [6, 6.07) is 3.46. The van der Waals surface area contributed by atoms with Gasteiger partial charge >= 0.3 is 0 Å². The van der Waals surface area contributed by atoms with E-state index in [2.05, 4.69) is 15.4 Å². The van der Waals surface area contributed by atoms with Crippen molar-refractivity contribution in [2.75, 3.05) is 12.4 Å². The molecule has 2 aromatic heterocycles. The molecule has 1 N–H and O–H groups in total. The van der Waals surface area contributed by atoms with Crippen molar-refractivity contribution in [2.45, 2.75) is 26.3 Å². The van der Waals surface area contributed by atoms with E-state index in [9.17, 15) is 4.79 Å². The second-order valence-corrected chi connectivity index (χ2v) is 5.79. The predicted octanol–water partition coefficient (Wildman–Crippen LogP) is 2.88. The second kappa shape index (κ2) is 5.73. The van der Waals surface area contributed by atoms with Gasteiger partial charge in [-0.2, -0.15) is 5.10 Å². The summed E-state index contributed by atoms with van der Waals surface area (Å²) < 4.78 is 6.97. The number of hydrogen-bond donors (Lipinski definition) is 1. The van der Waals surface area contributed by atoms with Crippen LogP contribution in [0.2, 0.25) is 5.02 Å². The molecule has 0 saturated carbocycles. The topological polar surface area (TPSA) is 69.0 Å². The third-order valence-corrected chi connectivity index (χ3v) is 3.10. The molecule has 0 unspecified atom stereocenters. The van der Waals surface area contributed by atoms with Crippen LogP contribution in [0.3, 0.4) is 0 Å². The van der Waals surface area contributed by atoms with Crippen molar-refractivity contribution < 1.29 is 4.74 Å². The molecule has 0 fully saturated rings. The van der Waals surface area contributed by atoms with Gasteiger partial charge in [-0.25, -0.2) is 9.67 Å². The third kappa shape index (κ3) is 3.16. The van der Waals surface area contributed by atoms with Gasteiger partial charge in [0.1, 0.15) is 0 Å². The summed E-state index contributed by atoms with van der Waals surface area (Å²) >= 11 is 6.11. The van der Waals surface area contributed by atoms with Gasteiger partial charge in [0.15, 0.2) is 22.3 Å². The van der Waals surface area contributed by atoms with Crippen molar-refractivity contribution in [2.24, 2.45) is 0 Å². The Morgan fingerprint density at radius 3 is 2.67 bits per heavy atom. The highest BCUT2D eigenvalue weighted by atomic mass is 35.5. The lowest BCUT2D eigenvalue weighted by molar-refractivity contribution is 0.333. The Morgan fingerprint density at radius 1 is 1.33 bits per heavy atom. The molecule has 6 nitrogen and oxygen atoms in total. The average Bonchev–Trinajstić information content (AvgIpc) is 2.43. The van der Waals surface area contributed by atoms with Crippen LogP contribution in [0.5, 0.6) is 11.5 Å². The average molecular weight is 309 g/mol. The van der Waals surface area contributed by atoms with E-state index in [0.29, 0.717) is 11.6 Å². The molecule has 0 saturated heterocycles. The monoisotopic (exact) mass is 308 g/mol. The molecular formula is C14H17ClN4O2. The fourth-order valence-electron chi connectivity index (χ4n) is 1.75. The zero-order valence-electron chi connectivity index (χ0n) is 12.3. The quantitative estimate of drug-likeness (QED) is 0.944. The Labute approximate surface area is 127 Å². The van der Waals surface area contributed by atoms with Gasteiger partial charge in [-0.1, -0.05) is 11.6 Å². The van der Waals surface area contributed by atoms with E-state index in [4.69, 9.17) is 16.3 Å². The molecule has 2 aromatic rings. The SMILES string of the molecule is CNc1ncccc1Oc1cnn(C(C)(C)C)c(=O)c1Cl. The largest absolute Gasteiger partial charge is 0.450 e. The Kier molecular flexibility index (Phi) is 4.18. The van der Waals surface area contributed by atoms with Crippen LogP contribution >= 0.6 is 11.6 Å². The molecule has 0 bridgehead atoms. The van der Waals surface area contributed by atoms with Crippen molar-refractivity contribution in [3.05, 3.63) is 39.9 Å². The van der Waals surface area contributed by atoms with Gasteiger partial charge in [-0.05, 0) is 32.9 Å². The van der Waals surface area contributed by atoms with Gasteiger partial charge in [-0.3, -0.25) is 4.79 Å². The molecule has 112 valence electrons. The van der Waals surface area contributed by atoms with Crippen molar-refractivity contribution in [1.82, 2.24) is 14.8 Å². The number of aromatic nitrogens is 3. The first-order valence-electron chi connectivity index (χ1n) is 6.43. The maximum atomic E-state index is 12.2. The van der Waals surface area contributed by atoms with E-state index in [1.165, 1.54) is 10.9 Å². The summed E-state index contributed by atoms with van der Waals surface area (Å²) in [5.41, 5.74) is -0.847. The van der Waals surface area contributed by atoms with E-state index in [1.54, 1.807) is 25.4 Å². The zero-order chi connectivity index (χ0) is 15.6. The van der Waals surface area contributed by atoms with E-state index in [-0.39, 0.29) is 10.8 Å². The number of hydrogen-bond acceptors (Lipinski definition) is 5. The molecule has 0 aliphatic rings. The Morgan fingerprint density at radius 2 is 2.05 bits per heavy atom. The minimum absolute atomic E-state index is 0.00849. The van der Waals surface area contributed by atoms with Crippen LogP contribution in [-0.2, 0) is 5.54 Å². The summed E-state index contributed by atoms with van der Waals surface area (Å²) in [7, 11) is 1.73. The van der Waals surface area contributed by atoms with Crippen LogP contribution in [0.25, 0.3) is 0 Å². The second-order valence-electron chi connectivity index (χ2n) is 5.41. The normalized spacial score (nSPS) is 11.3. The summed E-state index contributed by atoms with van der Waals surface area (Å²) in [6.07, 6.45) is 3.07. The molecule has 0 radical (unpaired) electrons. The van der Waals surface area contributed by atoms with Crippen molar-refractivity contribution in [3.63, 3.8) is 0 Å². The van der Waals surface area contributed by atoms with Crippen LogP contribution in [-0.4, -0.2) is 21.8 Å². The molecule has 2 rings (SSSR count). The van der Waals surface area contributed by atoms with E-state index >= 15 is 0 Å². The molecular weight excluding hydrogens is 292 g/mol. The lowest BCUT2D eigenvalue weighted by atomic mass is 10.1. The van der Waals surface area contributed by atoms with Gasteiger partial charge in [0.25, 0.3) is 5.56 Å². The van der Waals surface area contributed by atoms with Crippen LogP contribution in [0.15, 0.2) is 29.3 Å². The smallest absolute Gasteiger partial charge is 0.289 e. The fourth-order valence-corrected chi connectivity index (χ4v) is 1.91. The summed E-state index contributed by atoms with van der Waals surface area (Å²) in [5, 5.41) is 7.01. The minimum Gasteiger partial charge on any atom is -0.450 e. The Balaban J connectivity index is 2.43. The van der Waals surface area contributed by atoms with Crippen molar-refractivity contribution in [3.8, 4) is 11.5 Å². The maximum Gasteiger partial charge on any atom is 0.289 e. The third-order valence-electron chi connectivity index (χ3n) is 2.75. The van der Waals surface area contributed by atoms with Crippen molar-refractivity contribution >= 4 is 17.4 Å². The van der Waals surface area contributed by atoms with Crippen LogP contribution in [0, 0.1) is 0 Å². The maximum absolute atomic E-state index is 12.2. The standard InChI is InChI=1S/C14H17ClN4O2/c1-14(2,3)19-13(20)11(15)10(8-18-19)21-9-6-5-7-17-12(9)16-4/h5-8H,1-4H3,(H,16,17). The number of nitrogens with one attached hydrogen (secondary N) is 1. The summed E-state index contributed by atoms with van der Waals surface area (Å²) in [5.74, 6) is 1.22. The van der Waals surface area contributed by atoms with E-state index in [0.717, 1.165) is 0 Å². The lowest BCUT2D eigenvalue weighted by Crippen LogP contribution is -2.36. The fraction of sp³-hybridized carbons (Fsp3) is 0.357. The Bertz CT molecular complexity index is 707. The number of nitrogens with zero attached hydrogens (tertiary/aromatic N) is 3. The van der Waals surface area contributed by atoms with Crippen LogP contribution in [0.1, 0.15) is 20.8 Å². The number of pyridine rings is 1. The number of halogens is 1. The van der Waals surface area contributed by atoms with Gasteiger partial charge in [-0.15, -0.1) is 0 Å². The van der Waals surface area contributed by atoms with Gasteiger partial charge in [0.05, 0.1) is 11.7 Å². The highest BCUT2D eigenvalue weighted by Crippen LogP contribution is 2.30. The highest BCUT2D eigenvalue weighted by molar-refractivity contribution is 6.31. The molecule has 7 heteroatoms. The van der Waals surface area contributed by atoms with Gasteiger partial charge in [0, 0.05) is 13.2 Å². The lowest BCUT2D eigenvalue weighted by Gasteiger charge is -2.21. The Hall–Kier alpha value is -2.08. The molecule has 0 aromatic carbocycles. The molecule has 0 aliphatic carbocycles. The van der Waals surface area contributed by atoms with E-state index < -0.39 is 11.1 Å². The molecule has 0 aliphatic heterocycles. The summed E-state index contributed by atoms with van der Waals surface area (Å²) in [4.78, 5) is 16.4. The number of ether oxygens (including phenoxy) is 1. The minimum atomic E-state index is -0.455. The number of rotatable bonds is 3. The predicted molar refractivity (Wildman–Crippen MR) is 82.4 cm³/mol. The molecule has 0 spiro atoms. The first kappa shape index (κ1) is 15.3.